The fraction of sp³-hybridized carbons (Fsp3) is 0.250. The van der Waals surface area contributed by atoms with Gasteiger partial charge in [-0.25, -0.2) is 13.1 Å². The average Bonchev–Trinajstić information content (AvgIpc) is 2.68. The molecular formula is C12H14N2O4S. The highest BCUT2D eigenvalue weighted by molar-refractivity contribution is 7.88. The second-order valence-electron chi connectivity index (χ2n) is 4.37. The molecular weight excluding hydrogens is 268 g/mol. The molecule has 2 aromatic rings. The van der Waals surface area contributed by atoms with E-state index < -0.39 is 22.0 Å². The first-order chi connectivity index (χ1) is 8.85. The van der Waals surface area contributed by atoms with Crippen molar-refractivity contribution >= 4 is 26.9 Å². The van der Waals surface area contributed by atoms with E-state index in [0.717, 1.165) is 17.2 Å². The number of sulfonamides is 1. The molecule has 0 radical (unpaired) electrons. The lowest BCUT2D eigenvalue weighted by Crippen LogP contribution is -2.41. The molecule has 19 heavy (non-hydrogen) atoms. The normalized spacial score (nSPS) is 13.5. The summed E-state index contributed by atoms with van der Waals surface area (Å²) >= 11 is 0. The summed E-state index contributed by atoms with van der Waals surface area (Å²) in [5.41, 5.74) is 1.56. The minimum absolute atomic E-state index is 0.0666. The number of aromatic nitrogens is 1. The zero-order valence-electron chi connectivity index (χ0n) is 10.3. The molecule has 0 saturated carbocycles. The molecule has 1 aromatic carbocycles. The van der Waals surface area contributed by atoms with Crippen LogP contribution in [0.2, 0.25) is 0 Å². The Morgan fingerprint density at radius 1 is 1.42 bits per heavy atom. The number of para-hydroxylation sites is 1. The van der Waals surface area contributed by atoms with E-state index >= 15 is 0 Å². The molecule has 0 aliphatic rings. The molecule has 0 amide bonds. The molecule has 102 valence electrons. The number of H-pyrrole nitrogens is 1. The van der Waals surface area contributed by atoms with Crippen molar-refractivity contribution in [3.63, 3.8) is 0 Å². The number of hydrogen-bond acceptors (Lipinski definition) is 3. The summed E-state index contributed by atoms with van der Waals surface area (Å²) < 4.78 is 24.3. The van der Waals surface area contributed by atoms with Crippen LogP contribution in [0.5, 0.6) is 0 Å². The minimum Gasteiger partial charge on any atom is -0.480 e. The van der Waals surface area contributed by atoms with Gasteiger partial charge < -0.3 is 10.1 Å². The Balaban J connectivity index is 2.23. The van der Waals surface area contributed by atoms with E-state index in [2.05, 4.69) is 9.71 Å². The second kappa shape index (κ2) is 5.02. The van der Waals surface area contributed by atoms with Gasteiger partial charge in [0.25, 0.3) is 0 Å². The van der Waals surface area contributed by atoms with Gasteiger partial charge in [0.05, 0.1) is 6.26 Å². The topological polar surface area (TPSA) is 99.3 Å². The van der Waals surface area contributed by atoms with Gasteiger partial charge in [-0.3, -0.25) is 4.79 Å². The summed E-state index contributed by atoms with van der Waals surface area (Å²) in [6.07, 6.45) is 1.01. The molecule has 0 aliphatic heterocycles. The standard InChI is InChI=1S/C12H14N2O4S/c1-19(17,18)14-11(12(15)16)7-9-6-8-4-2-3-5-10(8)13-9/h2-6,11,13-14H,7H2,1H3,(H,15,16)/t11-/m0/s1. The third-order valence-electron chi connectivity index (χ3n) is 2.66. The van der Waals surface area contributed by atoms with E-state index in [-0.39, 0.29) is 6.42 Å². The van der Waals surface area contributed by atoms with Crippen LogP contribution in [0, 0.1) is 0 Å². The number of rotatable bonds is 5. The summed E-state index contributed by atoms with van der Waals surface area (Å²) in [5, 5.41) is 9.99. The SMILES string of the molecule is CS(=O)(=O)N[C@@H](Cc1cc2ccccc2[nH]1)C(=O)O. The number of carbonyl (C=O) groups is 1. The predicted molar refractivity (Wildman–Crippen MR) is 71.4 cm³/mol. The summed E-state index contributed by atoms with van der Waals surface area (Å²) in [6, 6.07) is 8.15. The van der Waals surface area contributed by atoms with Gasteiger partial charge in [-0.05, 0) is 17.5 Å². The number of aliphatic carboxylic acids is 1. The van der Waals surface area contributed by atoms with Crippen molar-refractivity contribution in [2.24, 2.45) is 0 Å². The number of carboxylic acid groups (broad SMARTS) is 1. The molecule has 1 atom stereocenters. The lowest BCUT2D eigenvalue weighted by atomic mass is 10.1. The van der Waals surface area contributed by atoms with E-state index in [9.17, 15) is 13.2 Å². The highest BCUT2D eigenvalue weighted by Crippen LogP contribution is 2.15. The van der Waals surface area contributed by atoms with Gasteiger partial charge in [0.15, 0.2) is 0 Å². The minimum atomic E-state index is -3.56. The van der Waals surface area contributed by atoms with E-state index in [1.165, 1.54) is 0 Å². The zero-order chi connectivity index (χ0) is 14.0. The Morgan fingerprint density at radius 2 is 2.11 bits per heavy atom. The molecule has 6 nitrogen and oxygen atoms in total. The molecule has 1 heterocycles. The van der Waals surface area contributed by atoms with Gasteiger partial charge in [-0.2, -0.15) is 0 Å². The van der Waals surface area contributed by atoms with Crippen LogP contribution in [0.3, 0.4) is 0 Å². The van der Waals surface area contributed by atoms with Gasteiger partial charge in [-0.15, -0.1) is 0 Å². The van der Waals surface area contributed by atoms with Gasteiger partial charge in [0, 0.05) is 17.6 Å². The van der Waals surface area contributed by atoms with E-state index in [4.69, 9.17) is 5.11 Å². The zero-order valence-corrected chi connectivity index (χ0v) is 11.1. The van der Waals surface area contributed by atoms with Gasteiger partial charge in [-0.1, -0.05) is 18.2 Å². The van der Waals surface area contributed by atoms with Crippen LogP contribution in [0.15, 0.2) is 30.3 Å². The maximum atomic E-state index is 11.1. The molecule has 0 fully saturated rings. The molecule has 0 aliphatic carbocycles. The Hall–Kier alpha value is -1.86. The Bertz CT molecular complexity index is 672. The number of aromatic amines is 1. The van der Waals surface area contributed by atoms with Gasteiger partial charge in [0.1, 0.15) is 6.04 Å². The van der Waals surface area contributed by atoms with Crippen LogP contribution in [-0.4, -0.2) is 36.8 Å². The van der Waals surface area contributed by atoms with Crippen molar-refractivity contribution in [3.8, 4) is 0 Å². The molecule has 7 heteroatoms. The predicted octanol–water partition coefficient (Wildman–Crippen LogP) is 0.713. The molecule has 1 aromatic heterocycles. The molecule has 3 N–H and O–H groups in total. The third kappa shape index (κ3) is 3.55. The molecule has 0 bridgehead atoms. The smallest absolute Gasteiger partial charge is 0.322 e. The average molecular weight is 282 g/mol. The molecule has 2 rings (SSSR count). The monoisotopic (exact) mass is 282 g/mol. The fourth-order valence-electron chi connectivity index (χ4n) is 1.90. The first kappa shape index (κ1) is 13.6. The van der Waals surface area contributed by atoms with E-state index in [1.54, 1.807) is 0 Å². The maximum absolute atomic E-state index is 11.1. The van der Waals surface area contributed by atoms with Crippen molar-refractivity contribution in [1.82, 2.24) is 9.71 Å². The Morgan fingerprint density at radius 3 is 2.68 bits per heavy atom. The van der Waals surface area contributed by atoms with Crippen LogP contribution >= 0.6 is 0 Å². The molecule has 0 saturated heterocycles. The van der Waals surface area contributed by atoms with Crippen LogP contribution < -0.4 is 4.72 Å². The van der Waals surface area contributed by atoms with Crippen molar-refractivity contribution in [1.29, 1.82) is 0 Å². The lowest BCUT2D eigenvalue weighted by molar-refractivity contribution is -0.138. The molecule has 0 spiro atoms. The van der Waals surface area contributed by atoms with Crippen LogP contribution in [0.1, 0.15) is 5.69 Å². The number of fused-ring (bicyclic) bond motifs is 1. The van der Waals surface area contributed by atoms with Gasteiger partial charge >= 0.3 is 5.97 Å². The van der Waals surface area contributed by atoms with Crippen molar-refractivity contribution in [2.75, 3.05) is 6.26 Å². The van der Waals surface area contributed by atoms with Crippen molar-refractivity contribution < 1.29 is 18.3 Å². The largest absolute Gasteiger partial charge is 0.480 e. The Kier molecular flexibility index (Phi) is 3.59. The molecule has 0 unspecified atom stereocenters. The number of nitrogens with one attached hydrogen (secondary N) is 2. The first-order valence-corrected chi connectivity index (χ1v) is 7.51. The van der Waals surface area contributed by atoms with Gasteiger partial charge in [0.2, 0.25) is 10.0 Å². The Labute approximate surface area is 110 Å². The second-order valence-corrected chi connectivity index (χ2v) is 6.15. The van der Waals surface area contributed by atoms with E-state index in [1.807, 2.05) is 30.3 Å². The van der Waals surface area contributed by atoms with E-state index in [0.29, 0.717) is 5.69 Å². The van der Waals surface area contributed by atoms with Crippen LogP contribution in [0.25, 0.3) is 10.9 Å². The highest BCUT2D eigenvalue weighted by Gasteiger charge is 2.22. The lowest BCUT2D eigenvalue weighted by Gasteiger charge is -2.11. The first-order valence-electron chi connectivity index (χ1n) is 5.62. The highest BCUT2D eigenvalue weighted by atomic mass is 32.2. The third-order valence-corrected chi connectivity index (χ3v) is 3.38. The van der Waals surface area contributed by atoms with Crippen molar-refractivity contribution in [3.05, 3.63) is 36.0 Å². The number of carboxylic acids is 1. The maximum Gasteiger partial charge on any atom is 0.322 e. The van der Waals surface area contributed by atoms with Crippen LogP contribution in [-0.2, 0) is 21.2 Å². The van der Waals surface area contributed by atoms with Crippen molar-refractivity contribution in [2.45, 2.75) is 12.5 Å². The quantitative estimate of drug-likeness (QED) is 0.752. The fourth-order valence-corrected chi connectivity index (χ4v) is 2.60. The summed E-state index contributed by atoms with van der Waals surface area (Å²) in [7, 11) is -3.56. The summed E-state index contributed by atoms with van der Waals surface area (Å²) in [4.78, 5) is 14.1. The number of hydrogen-bond donors (Lipinski definition) is 3. The number of benzene rings is 1. The summed E-state index contributed by atoms with van der Waals surface area (Å²) in [6.45, 7) is 0. The summed E-state index contributed by atoms with van der Waals surface area (Å²) in [5.74, 6) is -1.20. The van der Waals surface area contributed by atoms with Crippen LogP contribution in [0.4, 0.5) is 0 Å².